The average molecular weight is 360 g/mol. The maximum absolute atomic E-state index is 13.5. The van der Waals surface area contributed by atoms with Crippen molar-refractivity contribution in [2.45, 2.75) is 11.3 Å². The van der Waals surface area contributed by atoms with Crippen molar-refractivity contribution in [3.8, 4) is 11.5 Å². The lowest BCUT2D eigenvalue weighted by atomic mass is 10.1. The van der Waals surface area contributed by atoms with Gasteiger partial charge in [0, 0.05) is 28.2 Å². The van der Waals surface area contributed by atoms with Gasteiger partial charge < -0.3 is 9.47 Å². The van der Waals surface area contributed by atoms with Gasteiger partial charge in [-0.2, -0.15) is 5.10 Å². The van der Waals surface area contributed by atoms with E-state index in [1.165, 1.54) is 26.4 Å². The van der Waals surface area contributed by atoms with Gasteiger partial charge in [0.05, 0.1) is 19.9 Å². The second-order valence-corrected chi connectivity index (χ2v) is 6.44. The Morgan fingerprint density at radius 1 is 1.16 bits per heavy atom. The summed E-state index contributed by atoms with van der Waals surface area (Å²) in [6.07, 6.45) is 0.660. The number of hydrogen-bond donors (Lipinski definition) is 1. The van der Waals surface area contributed by atoms with Crippen molar-refractivity contribution < 1.29 is 18.7 Å². The van der Waals surface area contributed by atoms with E-state index in [0.29, 0.717) is 29.2 Å². The van der Waals surface area contributed by atoms with Crippen LogP contribution >= 0.6 is 11.8 Å². The minimum absolute atomic E-state index is 0.319. The summed E-state index contributed by atoms with van der Waals surface area (Å²) in [6.45, 7) is 0. The minimum Gasteiger partial charge on any atom is -0.493 e. The van der Waals surface area contributed by atoms with E-state index >= 15 is 0 Å². The maximum atomic E-state index is 13.5. The highest BCUT2D eigenvalue weighted by Crippen LogP contribution is 2.31. The number of carbonyl (C=O) groups is 1. The highest BCUT2D eigenvalue weighted by molar-refractivity contribution is 7.99. The molecular weight excluding hydrogens is 343 g/mol. The molecule has 5 nitrogen and oxygen atoms in total. The van der Waals surface area contributed by atoms with Crippen LogP contribution in [-0.2, 0) is 0 Å². The first-order valence-electron chi connectivity index (χ1n) is 7.64. The molecule has 2 aromatic carbocycles. The number of thioether (sulfide) groups is 1. The number of benzene rings is 2. The Kier molecular flexibility index (Phi) is 5.23. The van der Waals surface area contributed by atoms with Gasteiger partial charge in [-0.25, -0.2) is 9.82 Å². The van der Waals surface area contributed by atoms with Crippen molar-refractivity contribution in [2.24, 2.45) is 5.10 Å². The molecule has 1 amide bonds. The van der Waals surface area contributed by atoms with Crippen molar-refractivity contribution >= 4 is 23.4 Å². The van der Waals surface area contributed by atoms with Gasteiger partial charge in [0.15, 0.2) is 11.5 Å². The number of hydrogen-bond acceptors (Lipinski definition) is 5. The summed E-state index contributed by atoms with van der Waals surface area (Å²) in [5.74, 6) is 1.15. The van der Waals surface area contributed by atoms with Crippen LogP contribution in [0.25, 0.3) is 0 Å². The van der Waals surface area contributed by atoms with Crippen molar-refractivity contribution in [3.63, 3.8) is 0 Å². The fourth-order valence-electron chi connectivity index (χ4n) is 2.52. The molecule has 3 rings (SSSR count). The fraction of sp³-hybridized carbons (Fsp3) is 0.222. The van der Waals surface area contributed by atoms with Gasteiger partial charge in [-0.05, 0) is 36.4 Å². The normalized spacial score (nSPS) is 14.8. The van der Waals surface area contributed by atoms with E-state index in [4.69, 9.17) is 9.47 Å². The minimum atomic E-state index is -0.371. The van der Waals surface area contributed by atoms with Crippen LogP contribution in [0, 0.1) is 5.82 Å². The predicted molar refractivity (Wildman–Crippen MR) is 95.3 cm³/mol. The second-order valence-electron chi connectivity index (χ2n) is 5.31. The van der Waals surface area contributed by atoms with Crippen LogP contribution in [0.15, 0.2) is 46.4 Å². The van der Waals surface area contributed by atoms with Gasteiger partial charge in [0.1, 0.15) is 5.82 Å². The van der Waals surface area contributed by atoms with Crippen molar-refractivity contribution in [3.05, 3.63) is 53.3 Å². The Hall–Kier alpha value is -2.54. The molecule has 0 spiro atoms. The first-order valence-corrected chi connectivity index (χ1v) is 8.62. The lowest BCUT2D eigenvalue weighted by Crippen LogP contribution is -2.22. The second kappa shape index (κ2) is 7.57. The molecule has 0 aliphatic carbocycles. The zero-order valence-corrected chi connectivity index (χ0v) is 14.7. The van der Waals surface area contributed by atoms with Crippen molar-refractivity contribution in [2.75, 3.05) is 20.0 Å². The third-order valence-electron chi connectivity index (χ3n) is 3.79. The van der Waals surface area contributed by atoms with E-state index in [0.717, 1.165) is 16.2 Å². The Morgan fingerprint density at radius 2 is 1.96 bits per heavy atom. The van der Waals surface area contributed by atoms with Crippen molar-refractivity contribution in [1.82, 2.24) is 5.43 Å². The summed E-state index contributed by atoms with van der Waals surface area (Å²) < 4.78 is 23.9. The molecule has 0 fully saturated rings. The van der Waals surface area contributed by atoms with Gasteiger partial charge in [-0.3, -0.25) is 4.79 Å². The molecule has 1 aliphatic rings. The lowest BCUT2D eigenvalue weighted by molar-refractivity contribution is 0.0954. The Balaban J connectivity index is 1.81. The van der Waals surface area contributed by atoms with Gasteiger partial charge >= 0.3 is 0 Å². The third-order valence-corrected chi connectivity index (χ3v) is 4.86. The monoisotopic (exact) mass is 360 g/mol. The lowest BCUT2D eigenvalue weighted by Gasteiger charge is -2.17. The van der Waals surface area contributed by atoms with E-state index in [2.05, 4.69) is 10.5 Å². The summed E-state index contributed by atoms with van der Waals surface area (Å²) in [5.41, 5.74) is 4.33. The Labute approximate surface area is 149 Å². The largest absolute Gasteiger partial charge is 0.493 e. The molecule has 0 bridgehead atoms. The standard InChI is InChI=1S/C18H17FN2O3S/c1-23-15-5-3-11(9-16(15)24-2)18(22)21-20-14-7-8-25-17-6-4-12(19)10-13(14)17/h3-6,9-10H,7-8H2,1-2H3,(H,21,22)/b20-14+. The summed E-state index contributed by atoms with van der Waals surface area (Å²) >= 11 is 1.65. The molecule has 0 saturated carbocycles. The van der Waals surface area contributed by atoms with Crippen LogP contribution in [0.3, 0.4) is 0 Å². The average Bonchev–Trinajstić information content (AvgIpc) is 2.65. The number of nitrogens with zero attached hydrogens (tertiary/aromatic N) is 1. The molecule has 2 aromatic rings. The number of amides is 1. The van der Waals surface area contributed by atoms with Crippen LogP contribution in [0.2, 0.25) is 0 Å². The molecule has 0 saturated heterocycles. The third kappa shape index (κ3) is 3.76. The van der Waals surface area contributed by atoms with Gasteiger partial charge in [-0.15, -0.1) is 11.8 Å². The maximum Gasteiger partial charge on any atom is 0.271 e. The highest BCUT2D eigenvalue weighted by Gasteiger charge is 2.18. The van der Waals surface area contributed by atoms with E-state index < -0.39 is 0 Å². The number of halogens is 1. The smallest absolute Gasteiger partial charge is 0.271 e. The van der Waals surface area contributed by atoms with Crippen LogP contribution in [0.5, 0.6) is 11.5 Å². The fourth-order valence-corrected chi connectivity index (χ4v) is 3.53. The quantitative estimate of drug-likeness (QED) is 0.848. The van der Waals surface area contributed by atoms with E-state index in [1.54, 1.807) is 36.0 Å². The zero-order chi connectivity index (χ0) is 17.8. The summed E-state index contributed by atoms with van der Waals surface area (Å²) in [4.78, 5) is 13.3. The van der Waals surface area contributed by atoms with Gasteiger partial charge in [0.2, 0.25) is 0 Å². The molecule has 130 valence electrons. The van der Waals surface area contributed by atoms with Crippen LogP contribution in [-0.4, -0.2) is 31.6 Å². The molecule has 1 N–H and O–H groups in total. The molecule has 25 heavy (non-hydrogen) atoms. The van der Waals surface area contributed by atoms with Gasteiger partial charge in [0.25, 0.3) is 5.91 Å². The van der Waals surface area contributed by atoms with Gasteiger partial charge in [-0.1, -0.05) is 0 Å². The first kappa shape index (κ1) is 17.3. The summed E-state index contributed by atoms with van der Waals surface area (Å²) in [5, 5.41) is 4.21. The molecule has 0 atom stereocenters. The number of methoxy groups -OCH3 is 2. The number of carbonyl (C=O) groups excluding carboxylic acids is 1. The van der Waals surface area contributed by atoms with Crippen molar-refractivity contribution in [1.29, 1.82) is 0 Å². The summed E-state index contributed by atoms with van der Waals surface area (Å²) in [6, 6.07) is 9.47. The molecule has 0 radical (unpaired) electrons. The summed E-state index contributed by atoms with van der Waals surface area (Å²) in [7, 11) is 3.03. The molecule has 0 unspecified atom stereocenters. The molecular formula is C18H17FN2O3S. The molecule has 7 heteroatoms. The number of rotatable bonds is 4. The van der Waals surface area contributed by atoms with E-state index in [1.807, 2.05) is 0 Å². The SMILES string of the molecule is COc1ccc(C(=O)N/N=C2\CCSc3ccc(F)cc32)cc1OC. The molecule has 1 aliphatic heterocycles. The number of ether oxygens (including phenoxy) is 2. The number of fused-ring (bicyclic) bond motifs is 1. The zero-order valence-electron chi connectivity index (χ0n) is 13.8. The van der Waals surface area contributed by atoms with Crippen LogP contribution in [0.4, 0.5) is 4.39 Å². The molecule has 1 heterocycles. The van der Waals surface area contributed by atoms with Crippen LogP contribution < -0.4 is 14.9 Å². The topological polar surface area (TPSA) is 59.9 Å². The van der Waals surface area contributed by atoms with Crippen LogP contribution in [0.1, 0.15) is 22.3 Å². The molecule has 0 aromatic heterocycles. The highest BCUT2D eigenvalue weighted by atomic mass is 32.2. The van der Waals surface area contributed by atoms with E-state index in [-0.39, 0.29) is 11.7 Å². The predicted octanol–water partition coefficient (Wildman–Crippen LogP) is 3.47. The van der Waals surface area contributed by atoms with E-state index in [9.17, 15) is 9.18 Å². The Morgan fingerprint density at radius 3 is 2.72 bits per heavy atom. The Bertz CT molecular complexity index is 839. The number of hydrazone groups is 1. The first-order chi connectivity index (χ1) is 12.1. The number of nitrogens with one attached hydrogen (secondary N) is 1.